The van der Waals surface area contributed by atoms with Gasteiger partial charge in [0.1, 0.15) is 23.8 Å². The van der Waals surface area contributed by atoms with Crippen molar-refractivity contribution in [1.29, 1.82) is 15.8 Å². The van der Waals surface area contributed by atoms with E-state index >= 15 is 0 Å². The Balaban J connectivity index is 2.41. The molecule has 2 rings (SSSR count). The first-order chi connectivity index (χ1) is 12.1. The van der Waals surface area contributed by atoms with Crippen molar-refractivity contribution in [1.82, 2.24) is 0 Å². The molecule has 0 radical (unpaired) electrons. The molecule has 25 heavy (non-hydrogen) atoms. The summed E-state index contributed by atoms with van der Waals surface area (Å²) in [7, 11) is 0. The van der Waals surface area contributed by atoms with Gasteiger partial charge in [0.25, 0.3) is 0 Å². The SMILES string of the molecule is N#CC(C#N)=c1ccc(=C(C#N)c2ccc(NCC(O)O)cc2)cc1. The molecule has 0 bridgehead atoms. The van der Waals surface area contributed by atoms with Gasteiger partial charge in [0.15, 0.2) is 6.29 Å². The highest BCUT2D eigenvalue weighted by molar-refractivity contribution is 5.77. The van der Waals surface area contributed by atoms with Gasteiger partial charge in [-0.2, -0.15) is 15.8 Å². The van der Waals surface area contributed by atoms with E-state index in [1.165, 1.54) is 0 Å². The Morgan fingerprint density at radius 3 is 1.88 bits per heavy atom. The summed E-state index contributed by atoms with van der Waals surface area (Å²) < 4.78 is 0. The quantitative estimate of drug-likeness (QED) is 0.694. The van der Waals surface area contributed by atoms with Crippen LogP contribution >= 0.6 is 0 Å². The van der Waals surface area contributed by atoms with Crippen LogP contribution in [0.25, 0.3) is 11.1 Å². The number of hydrogen-bond acceptors (Lipinski definition) is 6. The zero-order chi connectivity index (χ0) is 18.2. The number of benzene rings is 2. The summed E-state index contributed by atoms with van der Waals surface area (Å²) in [6.07, 6.45) is -1.44. The molecular weight excluding hydrogens is 316 g/mol. The summed E-state index contributed by atoms with van der Waals surface area (Å²) in [6.45, 7) is 0.00620. The average Bonchev–Trinajstić information content (AvgIpc) is 2.64. The van der Waals surface area contributed by atoms with Gasteiger partial charge in [-0.1, -0.05) is 36.4 Å². The summed E-state index contributed by atoms with van der Waals surface area (Å²) >= 11 is 0. The zero-order valence-electron chi connectivity index (χ0n) is 13.1. The van der Waals surface area contributed by atoms with E-state index in [9.17, 15) is 5.26 Å². The molecule has 0 saturated heterocycles. The summed E-state index contributed by atoms with van der Waals surface area (Å²) in [5, 5.41) is 48.9. The van der Waals surface area contributed by atoms with Gasteiger partial charge in [-0.25, -0.2) is 0 Å². The lowest BCUT2D eigenvalue weighted by atomic mass is 10.0. The molecule has 0 aliphatic rings. The van der Waals surface area contributed by atoms with Crippen LogP contribution in [-0.4, -0.2) is 23.0 Å². The van der Waals surface area contributed by atoms with Gasteiger partial charge in [0.2, 0.25) is 0 Å². The maximum absolute atomic E-state index is 9.47. The number of nitriles is 3. The third kappa shape index (κ3) is 4.43. The highest BCUT2D eigenvalue weighted by Gasteiger charge is 2.03. The Bertz CT molecular complexity index is 964. The van der Waals surface area contributed by atoms with Crippen LogP contribution in [-0.2, 0) is 0 Å². The Kier molecular flexibility index (Phi) is 5.87. The topological polar surface area (TPSA) is 124 Å². The van der Waals surface area contributed by atoms with Crippen molar-refractivity contribution in [2.45, 2.75) is 6.29 Å². The largest absolute Gasteiger partial charge is 0.380 e. The van der Waals surface area contributed by atoms with Crippen LogP contribution in [0.15, 0.2) is 48.5 Å². The lowest BCUT2D eigenvalue weighted by Gasteiger charge is -2.08. The molecule has 0 aliphatic carbocycles. The Morgan fingerprint density at radius 2 is 1.40 bits per heavy atom. The lowest BCUT2D eigenvalue weighted by molar-refractivity contribution is -0.0275. The fourth-order valence-corrected chi connectivity index (χ4v) is 2.22. The molecule has 6 heteroatoms. The molecule has 0 fully saturated rings. The van der Waals surface area contributed by atoms with Crippen LogP contribution < -0.4 is 15.8 Å². The van der Waals surface area contributed by atoms with Crippen molar-refractivity contribution >= 4 is 16.8 Å². The van der Waals surface area contributed by atoms with Crippen LogP contribution in [0.5, 0.6) is 0 Å². The van der Waals surface area contributed by atoms with Gasteiger partial charge in [-0.3, -0.25) is 0 Å². The molecule has 2 aromatic rings. The number of nitrogens with one attached hydrogen (secondary N) is 1. The van der Waals surface area contributed by atoms with Crippen LogP contribution in [0.3, 0.4) is 0 Å². The molecule has 0 aliphatic heterocycles. The predicted molar refractivity (Wildman–Crippen MR) is 91.6 cm³/mol. The molecule has 6 nitrogen and oxygen atoms in total. The minimum atomic E-state index is -1.44. The summed E-state index contributed by atoms with van der Waals surface area (Å²) in [4.78, 5) is 0. The Hall–Kier alpha value is -3.63. The van der Waals surface area contributed by atoms with E-state index in [-0.39, 0.29) is 12.1 Å². The first-order valence-electron chi connectivity index (χ1n) is 7.34. The lowest BCUT2D eigenvalue weighted by Crippen LogP contribution is -2.18. The molecule has 2 aromatic carbocycles. The fourth-order valence-electron chi connectivity index (χ4n) is 2.22. The van der Waals surface area contributed by atoms with Gasteiger partial charge >= 0.3 is 0 Å². The Labute approximate surface area is 144 Å². The normalized spacial score (nSPS) is 9.60. The molecule has 0 amide bonds. The van der Waals surface area contributed by atoms with Crippen molar-refractivity contribution in [3.8, 4) is 18.2 Å². The second-order valence-electron chi connectivity index (χ2n) is 5.10. The standard InChI is InChI=1S/C19H14N4O2/c20-9-16(10-21)13-1-3-14(4-2-13)18(11-22)15-5-7-17(8-6-15)23-12-19(24)25/h1-8,19,23-25H,12H2. The molecule has 0 heterocycles. The van der Waals surface area contributed by atoms with Gasteiger partial charge in [0, 0.05) is 10.9 Å². The van der Waals surface area contributed by atoms with E-state index in [0.29, 0.717) is 27.3 Å². The van der Waals surface area contributed by atoms with Crippen LogP contribution in [0, 0.1) is 34.0 Å². The number of rotatable bonds is 4. The van der Waals surface area contributed by atoms with Gasteiger partial charge in [-0.05, 0) is 22.9 Å². The second-order valence-corrected chi connectivity index (χ2v) is 5.10. The van der Waals surface area contributed by atoms with E-state index in [1.807, 2.05) is 12.1 Å². The maximum atomic E-state index is 9.47. The number of anilines is 1. The molecular formula is C19H14N4O2. The minimum Gasteiger partial charge on any atom is -0.380 e. The number of aliphatic hydroxyl groups excluding tert-OH is 1. The van der Waals surface area contributed by atoms with E-state index in [1.54, 1.807) is 48.5 Å². The third-order valence-electron chi connectivity index (χ3n) is 3.46. The van der Waals surface area contributed by atoms with Crippen molar-refractivity contribution in [2.75, 3.05) is 11.9 Å². The molecule has 3 N–H and O–H groups in total. The molecule has 0 unspecified atom stereocenters. The first-order valence-corrected chi connectivity index (χ1v) is 7.34. The first kappa shape index (κ1) is 17.7. The van der Waals surface area contributed by atoms with Crippen molar-refractivity contribution in [2.24, 2.45) is 0 Å². The van der Waals surface area contributed by atoms with Gasteiger partial charge in [-0.15, -0.1) is 0 Å². The summed E-state index contributed by atoms with van der Waals surface area (Å²) in [5.41, 5.74) is 1.88. The van der Waals surface area contributed by atoms with E-state index in [0.717, 1.165) is 0 Å². The number of nitrogens with zero attached hydrogens (tertiary/aromatic N) is 3. The molecule has 122 valence electrons. The van der Waals surface area contributed by atoms with Crippen molar-refractivity contribution in [3.63, 3.8) is 0 Å². The van der Waals surface area contributed by atoms with Gasteiger partial charge in [0.05, 0.1) is 12.1 Å². The monoisotopic (exact) mass is 330 g/mol. The summed E-state index contributed by atoms with van der Waals surface area (Å²) in [6, 6.07) is 19.4. The highest BCUT2D eigenvalue weighted by Crippen LogP contribution is 2.15. The second kappa shape index (κ2) is 8.29. The molecule has 0 aromatic heterocycles. The number of hydrogen-bond donors (Lipinski definition) is 3. The highest BCUT2D eigenvalue weighted by atomic mass is 16.5. The third-order valence-corrected chi connectivity index (χ3v) is 3.46. The average molecular weight is 330 g/mol. The van der Waals surface area contributed by atoms with Crippen molar-refractivity contribution in [3.05, 3.63) is 64.5 Å². The maximum Gasteiger partial charge on any atom is 0.169 e. The van der Waals surface area contributed by atoms with E-state index in [2.05, 4.69) is 11.4 Å². The fraction of sp³-hybridized carbons (Fsp3) is 0.105. The van der Waals surface area contributed by atoms with Crippen molar-refractivity contribution < 1.29 is 10.2 Å². The van der Waals surface area contributed by atoms with E-state index < -0.39 is 6.29 Å². The van der Waals surface area contributed by atoms with Crippen LogP contribution in [0.1, 0.15) is 5.56 Å². The smallest absolute Gasteiger partial charge is 0.169 e. The summed E-state index contributed by atoms with van der Waals surface area (Å²) in [5.74, 6) is 0. The van der Waals surface area contributed by atoms with Crippen LogP contribution in [0.4, 0.5) is 5.69 Å². The van der Waals surface area contributed by atoms with E-state index in [4.69, 9.17) is 20.7 Å². The van der Waals surface area contributed by atoms with Crippen LogP contribution in [0.2, 0.25) is 0 Å². The molecule has 0 saturated carbocycles. The zero-order valence-corrected chi connectivity index (χ0v) is 13.1. The number of aliphatic hydroxyl groups is 2. The molecule has 0 spiro atoms. The minimum absolute atomic E-state index is 0.00620. The Morgan fingerprint density at radius 1 is 0.840 bits per heavy atom. The van der Waals surface area contributed by atoms with Gasteiger partial charge < -0.3 is 15.5 Å². The predicted octanol–water partition coefficient (Wildman–Crippen LogP) is 0.330. The molecule has 0 atom stereocenters.